The lowest BCUT2D eigenvalue weighted by Crippen LogP contribution is -2.41. The van der Waals surface area contributed by atoms with E-state index >= 15 is 0 Å². The topological polar surface area (TPSA) is 72.6 Å². The number of nitrogens with zero attached hydrogens (tertiary/aromatic N) is 1. The zero-order valence-corrected chi connectivity index (χ0v) is 11.0. The number of hydrogen-bond acceptors (Lipinski definition) is 4. The molecule has 1 aliphatic rings. The van der Waals surface area contributed by atoms with Crippen molar-refractivity contribution in [3.05, 3.63) is 0 Å². The minimum atomic E-state index is -3.37. The number of likely N-dealkylation sites (N-methyl/N-ethyl adjacent to an activating group) is 1. The zero-order chi connectivity index (χ0) is 12.2. The fraction of sp³-hybridized carbons (Fsp3) is 0.889. The number of ether oxygens (including phenoxy) is 1. The van der Waals surface area contributed by atoms with E-state index in [1.807, 2.05) is 0 Å². The summed E-state index contributed by atoms with van der Waals surface area (Å²) >= 11 is 4.63. The van der Waals surface area contributed by atoms with E-state index < -0.39 is 10.0 Å². The number of rotatable bonds is 6. The van der Waals surface area contributed by atoms with Crippen LogP contribution in [-0.4, -0.2) is 49.3 Å². The van der Waals surface area contributed by atoms with Crippen LogP contribution in [0.25, 0.3) is 0 Å². The SMILES string of the molecule is CCN(CC1CCCO1)S(=O)(=O)CC(N)=S. The predicted molar refractivity (Wildman–Crippen MR) is 66.8 cm³/mol. The van der Waals surface area contributed by atoms with Crippen molar-refractivity contribution in [2.75, 3.05) is 25.4 Å². The van der Waals surface area contributed by atoms with Crippen molar-refractivity contribution in [1.29, 1.82) is 0 Å². The molecule has 5 nitrogen and oxygen atoms in total. The molecule has 16 heavy (non-hydrogen) atoms. The van der Waals surface area contributed by atoms with Gasteiger partial charge in [-0.15, -0.1) is 0 Å². The summed E-state index contributed by atoms with van der Waals surface area (Å²) in [7, 11) is -3.37. The Kier molecular flexibility index (Phi) is 5.10. The van der Waals surface area contributed by atoms with Gasteiger partial charge in [0.25, 0.3) is 0 Å². The van der Waals surface area contributed by atoms with Gasteiger partial charge in [0.05, 0.1) is 11.1 Å². The average molecular weight is 266 g/mol. The second kappa shape index (κ2) is 5.90. The molecule has 1 saturated heterocycles. The number of hydrogen-bond donors (Lipinski definition) is 1. The summed E-state index contributed by atoms with van der Waals surface area (Å²) in [6.45, 7) is 3.34. The molecule has 1 fully saturated rings. The van der Waals surface area contributed by atoms with Crippen LogP contribution in [0.4, 0.5) is 0 Å². The Morgan fingerprint density at radius 1 is 1.62 bits per heavy atom. The highest BCUT2D eigenvalue weighted by Gasteiger charge is 2.26. The first-order chi connectivity index (χ1) is 7.45. The van der Waals surface area contributed by atoms with Crippen molar-refractivity contribution >= 4 is 27.2 Å². The van der Waals surface area contributed by atoms with E-state index in [4.69, 9.17) is 10.5 Å². The quantitative estimate of drug-likeness (QED) is 0.691. The second-order valence-electron chi connectivity index (χ2n) is 3.81. The third-order valence-corrected chi connectivity index (χ3v) is 4.70. The minimum Gasteiger partial charge on any atom is -0.392 e. The van der Waals surface area contributed by atoms with Gasteiger partial charge in [-0.3, -0.25) is 0 Å². The lowest BCUT2D eigenvalue weighted by atomic mass is 10.2. The summed E-state index contributed by atoms with van der Waals surface area (Å²) in [5.41, 5.74) is 5.27. The molecule has 0 aromatic carbocycles. The molecule has 0 spiro atoms. The molecule has 94 valence electrons. The largest absolute Gasteiger partial charge is 0.392 e. The van der Waals surface area contributed by atoms with Crippen molar-refractivity contribution in [3.8, 4) is 0 Å². The Bertz CT molecular complexity index is 337. The highest BCUT2D eigenvalue weighted by Crippen LogP contribution is 2.15. The molecule has 0 bridgehead atoms. The van der Waals surface area contributed by atoms with E-state index in [2.05, 4.69) is 12.2 Å². The predicted octanol–water partition coefficient (Wildman–Crippen LogP) is 0.103. The van der Waals surface area contributed by atoms with Crippen LogP contribution < -0.4 is 5.73 Å². The van der Waals surface area contributed by atoms with E-state index in [0.29, 0.717) is 13.1 Å². The Morgan fingerprint density at radius 3 is 2.75 bits per heavy atom. The van der Waals surface area contributed by atoms with Gasteiger partial charge in [-0.05, 0) is 12.8 Å². The molecule has 1 atom stereocenters. The maximum absolute atomic E-state index is 11.9. The van der Waals surface area contributed by atoms with Gasteiger partial charge in [-0.2, -0.15) is 4.31 Å². The summed E-state index contributed by atoms with van der Waals surface area (Å²) in [6.07, 6.45) is 1.93. The maximum atomic E-state index is 11.9. The molecule has 0 aromatic heterocycles. The van der Waals surface area contributed by atoms with E-state index in [0.717, 1.165) is 19.4 Å². The maximum Gasteiger partial charge on any atom is 0.220 e. The van der Waals surface area contributed by atoms with Gasteiger partial charge < -0.3 is 10.5 Å². The molecule has 0 amide bonds. The molecule has 2 N–H and O–H groups in total. The van der Waals surface area contributed by atoms with Crippen LogP contribution in [0.3, 0.4) is 0 Å². The fourth-order valence-corrected chi connectivity index (χ4v) is 3.50. The molecule has 0 saturated carbocycles. The first-order valence-corrected chi connectivity index (χ1v) is 7.35. The van der Waals surface area contributed by atoms with Gasteiger partial charge in [0.1, 0.15) is 5.75 Å². The van der Waals surface area contributed by atoms with Gasteiger partial charge in [0.15, 0.2) is 0 Å². The Hall–Kier alpha value is -0.240. The molecule has 1 heterocycles. The molecule has 1 unspecified atom stereocenters. The van der Waals surface area contributed by atoms with Gasteiger partial charge in [0.2, 0.25) is 10.0 Å². The molecular weight excluding hydrogens is 248 g/mol. The van der Waals surface area contributed by atoms with E-state index in [1.165, 1.54) is 4.31 Å². The lowest BCUT2D eigenvalue weighted by molar-refractivity contribution is 0.0948. The van der Waals surface area contributed by atoms with Gasteiger partial charge >= 0.3 is 0 Å². The van der Waals surface area contributed by atoms with Crippen LogP contribution in [0.2, 0.25) is 0 Å². The molecule has 0 radical (unpaired) electrons. The third kappa shape index (κ3) is 3.97. The standard InChI is InChI=1S/C9H18N2O3S2/c1-2-11(6-8-4-3-5-14-8)16(12,13)7-9(10)15/h8H,2-7H2,1H3,(H2,10,15). The molecular formula is C9H18N2O3S2. The third-order valence-electron chi connectivity index (χ3n) is 2.50. The van der Waals surface area contributed by atoms with Crippen LogP contribution in [0.15, 0.2) is 0 Å². The smallest absolute Gasteiger partial charge is 0.220 e. The van der Waals surface area contributed by atoms with E-state index in [-0.39, 0.29) is 16.8 Å². The minimum absolute atomic E-state index is 0.00536. The molecule has 0 aliphatic carbocycles. The second-order valence-corrected chi connectivity index (χ2v) is 6.30. The van der Waals surface area contributed by atoms with Gasteiger partial charge in [-0.25, -0.2) is 8.42 Å². The van der Waals surface area contributed by atoms with Gasteiger partial charge in [-0.1, -0.05) is 19.1 Å². The number of thiocarbonyl (C=S) groups is 1. The first kappa shape index (κ1) is 13.8. The monoisotopic (exact) mass is 266 g/mol. The summed E-state index contributed by atoms with van der Waals surface area (Å²) < 4.78 is 30.5. The normalized spacial score (nSPS) is 21.5. The molecule has 1 rings (SSSR count). The van der Waals surface area contributed by atoms with Crippen LogP contribution >= 0.6 is 12.2 Å². The van der Waals surface area contributed by atoms with Crippen LogP contribution in [0.5, 0.6) is 0 Å². The van der Waals surface area contributed by atoms with Crippen LogP contribution in [0.1, 0.15) is 19.8 Å². The Labute approximate surface area is 102 Å². The first-order valence-electron chi connectivity index (χ1n) is 5.33. The van der Waals surface area contributed by atoms with Crippen LogP contribution in [-0.2, 0) is 14.8 Å². The Morgan fingerprint density at radius 2 is 2.31 bits per heavy atom. The lowest BCUT2D eigenvalue weighted by Gasteiger charge is -2.23. The van der Waals surface area contributed by atoms with Crippen LogP contribution in [0, 0.1) is 0 Å². The van der Waals surface area contributed by atoms with Crippen molar-refractivity contribution < 1.29 is 13.2 Å². The summed E-state index contributed by atoms with van der Waals surface area (Å²) in [5.74, 6) is -0.261. The van der Waals surface area contributed by atoms with Gasteiger partial charge in [0, 0.05) is 19.7 Å². The zero-order valence-electron chi connectivity index (χ0n) is 9.39. The summed E-state index contributed by atoms with van der Waals surface area (Å²) in [5, 5.41) is 0. The average Bonchev–Trinajstić information content (AvgIpc) is 2.63. The highest BCUT2D eigenvalue weighted by molar-refractivity contribution is 7.92. The number of sulfonamides is 1. The fourth-order valence-electron chi connectivity index (χ4n) is 1.73. The van der Waals surface area contributed by atoms with E-state index in [9.17, 15) is 8.42 Å². The van der Waals surface area contributed by atoms with E-state index in [1.54, 1.807) is 6.92 Å². The molecule has 0 aromatic rings. The van der Waals surface area contributed by atoms with Crippen molar-refractivity contribution in [2.45, 2.75) is 25.9 Å². The summed E-state index contributed by atoms with van der Waals surface area (Å²) in [4.78, 5) is 0.00536. The van der Waals surface area contributed by atoms with Crippen molar-refractivity contribution in [3.63, 3.8) is 0 Å². The summed E-state index contributed by atoms with van der Waals surface area (Å²) in [6, 6.07) is 0. The molecule has 1 aliphatic heterocycles. The highest BCUT2D eigenvalue weighted by atomic mass is 32.2. The number of nitrogens with two attached hydrogens (primary N) is 1. The molecule has 7 heteroatoms. The van der Waals surface area contributed by atoms with Crippen molar-refractivity contribution in [2.24, 2.45) is 5.73 Å². The van der Waals surface area contributed by atoms with Crippen molar-refractivity contribution in [1.82, 2.24) is 4.31 Å². The Balaban J connectivity index is 2.61.